The second-order valence-electron chi connectivity index (χ2n) is 9.87. The summed E-state index contributed by atoms with van der Waals surface area (Å²) in [5.74, 6) is 0.254. The average molecular weight is 476 g/mol. The second-order valence-corrected chi connectivity index (χ2v) is 9.87. The van der Waals surface area contributed by atoms with Gasteiger partial charge in [0.1, 0.15) is 0 Å². The number of amides is 1. The van der Waals surface area contributed by atoms with E-state index in [0.29, 0.717) is 6.04 Å². The van der Waals surface area contributed by atoms with Gasteiger partial charge in [0, 0.05) is 18.0 Å². The fraction of sp³-hybridized carbons (Fsp3) is 0.889. The van der Waals surface area contributed by atoms with E-state index in [0.717, 1.165) is 19.3 Å². The molecule has 1 aliphatic heterocycles. The van der Waals surface area contributed by atoms with E-state index in [1.54, 1.807) is 0 Å². The molecule has 1 rings (SSSR count). The van der Waals surface area contributed by atoms with Crippen molar-refractivity contribution in [1.29, 1.82) is 0 Å². The molecule has 1 saturated heterocycles. The highest BCUT2D eigenvalue weighted by atomic mass is 35.5. The predicted molar refractivity (Wildman–Crippen MR) is 146 cm³/mol. The summed E-state index contributed by atoms with van der Waals surface area (Å²) in [6.07, 6.45) is 27.9. The lowest BCUT2D eigenvalue weighted by atomic mass is 10.0. The van der Waals surface area contributed by atoms with E-state index in [9.17, 15) is 4.79 Å². The van der Waals surface area contributed by atoms with Crippen molar-refractivity contribution in [3.63, 3.8) is 0 Å². The number of nitrogens with one attached hydrogen (secondary N) is 1. The molecule has 1 aliphatic rings. The van der Waals surface area contributed by atoms with Gasteiger partial charge in [-0.05, 0) is 58.8 Å². The number of hydrogen-bond donors (Lipinski definition) is 3. The first kappa shape index (κ1) is 36.0. The number of nitrogens with two attached hydrogens (primary N) is 1. The zero-order valence-electron chi connectivity index (χ0n) is 22.1. The Morgan fingerprint density at radius 1 is 0.875 bits per heavy atom. The Bertz CT molecular complexity index is 422. The van der Waals surface area contributed by atoms with Crippen LogP contribution in [-0.2, 0) is 4.79 Å². The normalized spacial score (nSPS) is 15.5. The topological polar surface area (TPSA) is 90.1 Å². The largest absolute Gasteiger partial charge is 0.353 e. The summed E-state index contributed by atoms with van der Waals surface area (Å²) in [6, 6.07) is 0.481. The van der Waals surface area contributed by atoms with Crippen LogP contribution in [0.25, 0.3) is 0 Å². The van der Waals surface area contributed by atoms with Crippen molar-refractivity contribution in [2.75, 3.05) is 0 Å². The number of hydrogen-bond acceptors (Lipinski definition) is 3. The molecule has 0 radical (unpaired) electrons. The molecule has 1 atom stereocenters. The lowest BCUT2D eigenvalue weighted by molar-refractivity contribution is -0.119. The van der Waals surface area contributed by atoms with Crippen molar-refractivity contribution < 1.29 is 4.79 Å². The summed E-state index contributed by atoms with van der Waals surface area (Å²) >= 11 is 0. The molecular weight excluding hydrogens is 418 g/mol. The third-order valence-corrected chi connectivity index (χ3v) is 6.06. The quantitative estimate of drug-likeness (QED) is 0.145. The highest BCUT2D eigenvalue weighted by Gasteiger charge is 2.19. The van der Waals surface area contributed by atoms with Crippen molar-refractivity contribution in [2.45, 2.75) is 155 Å². The average Bonchev–Trinajstić information content (AvgIpc) is 3.12. The highest BCUT2D eigenvalue weighted by molar-refractivity contribution is 5.85. The van der Waals surface area contributed by atoms with Crippen molar-refractivity contribution >= 4 is 18.3 Å². The summed E-state index contributed by atoms with van der Waals surface area (Å²) in [6.45, 7) is 8.40. The van der Waals surface area contributed by atoms with Crippen molar-refractivity contribution in [3.05, 3.63) is 12.2 Å². The van der Waals surface area contributed by atoms with E-state index < -0.39 is 0 Å². The molecule has 0 aliphatic carbocycles. The molecule has 1 fully saturated rings. The molecule has 1 amide bonds. The van der Waals surface area contributed by atoms with Crippen LogP contribution in [0.1, 0.15) is 143 Å². The molecule has 0 aromatic heterocycles. The number of carbonyl (C=O) groups is 1. The van der Waals surface area contributed by atoms with Crippen LogP contribution in [-0.4, -0.2) is 17.5 Å². The molecule has 0 aromatic carbocycles. The molecule has 0 saturated carbocycles. The molecule has 0 spiro atoms. The number of unbranched alkanes of at least 4 members (excludes halogenated alkanes) is 12. The third kappa shape index (κ3) is 27.5. The Morgan fingerprint density at radius 3 is 1.72 bits per heavy atom. The van der Waals surface area contributed by atoms with Crippen LogP contribution in [0.15, 0.2) is 12.2 Å². The van der Waals surface area contributed by atoms with E-state index in [1.807, 2.05) is 13.8 Å². The van der Waals surface area contributed by atoms with Crippen LogP contribution in [0.5, 0.6) is 0 Å². The Kier molecular flexibility index (Phi) is 28.2. The molecule has 4 nitrogen and oxygen atoms in total. The fourth-order valence-corrected chi connectivity index (χ4v) is 3.53. The zero-order valence-corrected chi connectivity index (χ0v) is 22.9. The van der Waals surface area contributed by atoms with Gasteiger partial charge >= 0.3 is 0 Å². The summed E-state index contributed by atoms with van der Waals surface area (Å²) < 4.78 is 0. The minimum absolute atomic E-state index is 0. The van der Waals surface area contributed by atoms with Crippen molar-refractivity contribution in [3.8, 4) is 0 Å². The van der Waals surface area contributed by atoms with E-state index >= 15 is 0 Å². The Morgan fingerprint density at radius 2 is 1.31 bits per heavy atom. The molecular formula is C27H58ClN3O. The van der Waals surface area contributed by atoms with Gasteiger partial charge in [-0.3, -0.25) is 4.79 Å². The van der Waals surface area contributed by atoms with Gasteiger partial charge in [0.05, 0.1) is 0 Å². The van der Waals surface area contributed by atoms with Crippen LogP contribution in [0.2, 0.25) is 0 Å². The lowest BCUT2D eigenvalue weighted by Crippen LogP contribution is -2.30. The van der Waals surface area contributed by atoms with Crippen LogP contribution >= 0.6 is 12.4 Å². The summed E-state index contributed by atoms with van der Waals surface area (Å²) in [7, 11) is 0. The lowest BCUT2D eigenvalue weighted by Gasteiger charge is -2.13. The smallest absolute Gasteiger partial charge is 0.220 e. The maximum atomic E-state index is 11.1. The molecule has 32 heavy (non-hydrogen) atoms. The molecule has 1 unspecified atom stereocenters. The molecule has 5 heteroatoms. The number of carbonyl (C=O) groups excluding carboxylic acids is 1. The first-order valence-electron chi connectivity index (χ1n) is 13.1. The van der Waals surface area contributed by atoms with E-state index in [-0.39, 0.29) is 30.0 Å². The van der Waals surface area contributed by atoms with Gasteiger partial charge in [-0.15, -0.1) is 12.4 Å². The third-order valence-electron chi connectivity index (χ3n) is 6.06. The molecule has 6 N–H and O–H groups in total. The molecule has 1 heterocycles. The van der Waals surface area contributed by atoms with E-state index in [2.05, 4.69) is 31.3 Å². The van der Waals surface area contributed by atoms with Gasteiger partial charge in [0.15, 0.2) is 0 Å². The summed E-state index contributed by atoms with van der Waals surface area (Å²) in [4.78, 5) is 11.1. The Labute approximate surface area is 207 Å². The predicted octanol–water partition coefficient (Wildman–Crippen LogP) is 8.41. The van der Waals surface area contributed by atoms with E-state index in [4.69, 9.17) is 5.73 Å². The number of halogens is 1. The Hall–Kier alpha value is -0.580. The maximum Gasteiger partial charge on any atom is 0.220 e. The Balaban J connectivity index is -0.000000926. The van der Waals surface area contributed by atoms with Gasteiger partial charge < -0.3 is 17.2 Å². The minimum Gasteiger partial charge on any atom is -0.353 e. The van der Waals surface area contributed by atoms with Crippen LogP contribution in [0.3, 0.4) is 0 Å². The second kappa shape index (κ2) is 25.1. The van der Waals surface area contributed by atoms with Gasteiger partial charge in [-0.2, -0.15) is 0 Å². The monoisotopic (exact) mass is 475 g/mol. The molecule has 0 aromatic rings. The van der Waals surface area contributed by atoms with Crippen LogP contribution < -0.4 is 17.2 Å². The standard InChI is InChI=1S/C22H41NO.C5H13N.ClH.H3N/c1-2-3-4-5-6-7-8-9-10-11-12-13-14-15-16-17-18-21-19-20-22(24)23-21;1-4-5(2,3)6;;/h9-10,21H,2-8,11-20H2,1H3,(H,23,24);4,6H2,1-3H3;1H;1H3. The van der Waals surface area contributed by atoms with Crippen molar-refractivity contribution in [1.82, 2.24) is 11.5 Å². The minimum atomic E-state index is 0. The van der Waals surface area contributed by atoms with Gasteiger partial charge in [0.25, 0.3) is 0 Å². The fourth-order valence-electron chi connectivity index (χ4n) is 3.53. The first-order chi connectivity index (χ1) is 14.4. The van der Waals surface area contributed by atoms with Crippen LogP contribution in [0.4, 0.5) is 0 Å². The summed E-state index contributed by atoms with van der Waals surface area (Å²) in [5.41, 5.74) is 5.58. The SMILES string of the molecule is CCC(C)(C)N.CCCCCCCCC=CCCCCCCCCC1CCC(=O)N1.Cl.N. The van der Waals surface area contributed by atoms with Crippen LogP contribution in [0, 0.1) is 0 Å². The van der Waals surface area contributed by atoms with Gasteiger partial charge in [0.2, 0.25) is 5.91 Å². The summed E-state index contributed by atoms with van der Waals surface area (Å²) in [5, 5.41) is 3.06. The molecule has 0 bridgehead atoms. The van der Waals surface area contributed by atoms with Gasteiger partial charge in [-0.25, -0.2) is 0 Å². The first-order valence-corrected chi connectivity index (χ1v) is 13.1. The van der Waals surface area contributed by atoms with E-state index in [1.165, 1.54) is 96.3 Å². The molecule has 194 valence electrons. The number of rotatable bonds is 17. The van der Waals surface area contributed by atoms with Gasteiger partial charge in [-0.1, -0.05) is 90.2 Å². The maximum absolute atomic E-state index is 11.1. The number of allylic oxidation sites excluding steroid dienone is 2. The zero-order chi connectivity index (χ0) is 22.5. The van der Waals surface area contributed by atoms with Crippen molar-refractivity contribution in [2.24, 2.45) is 5.73 Å². The highest BCUT2D eigenvalue weighted by Crippen LogP contribution is 2.15.